The van der Waals surface area contributed by atoms with Crippen molar-refractivity contribution in [3.8, 4) is 0 Å². The summed E-state index contributed by atoms with van der Waals surface area (Å²) in [6.07, 6.45) is -2.45. The third-order valence-electron chi connectivity index (χ3n) is 4.05. The molecule has 0 saturated carbocycles. The number of carbonyl (C=O) groups is 7. The number of nitrogens with two attached hydrogens (primary N) is 2. The monoisotopic (exact) mass is 461 g/mol. The lowest BCUT2D eigenvalue weighted by Gasteiger charge is -2.23. The van der Waals surface area contributed by atoms with Gasteiger partial charge in [0.15, 0.2) is 0 Å². The van der Waals surface area contributed by atoms with Crippen LogP contribution in [-0.2, 0) is 33.6 Å². The van der Waals surface area contributed by atoms with Crippen LogP contribution in [0.15, 0.2) is 0 Å². The van der Waals surface area contributed by atoms with Gasteiger partial charge in [0.05, 0.1) is 12.5 Å². The van der Waals surface area contributed by atoms with Crippen LogP contribution in [0.2, 0.25) is 0 Å². The fourth-order valence-electron chi connectivity index (χ4n) is 2.33. The van der Waals surface area contributed by atoms with Gasteiger partial charge in [0.2, 0.25) is 23.6 Å². The van der Waals surface area contributed by atoms with Crippen molar-refractivity contribution in [3.05, 3.63) is 0 Å². The average Bonchev–Trinajstić information content (AvgIpc) is 2.66. The standard InChI is InChI=1S/C17H27N5O10/c1-7(20-15(29)8(18)6-11(19)23)14(28)21-9(2-4-12(24)25)16(30)22-10(17(31)32)3-5-13(26)27/h7-10H,2-6,18H2,1H3,(H2,19,23)(H,20,29)(H,21,28)(H,22,30)(H,24,25)(H,26,27)(H,31,32). The smallest absolute Gasteiger partial charge is 0.326 e. The Balaban J connectivity index is 5.21. The molecule has 0 spiro atoms. The van der Waals surface area contributed by atoms with Crippen LogP contribution in [0.5, 0.6) is 0 Å². The lowest BCUT2D eigenvalue weighted by Crippen LogP contribution is -2.56. The summed E-state index contributed by atoms with van der Waals surface area (Å²) in [6, 6.07) is -5.67. The van der Waals surface area contributed by atoms with E-state index in [1.54, 1.807) is 0 Å². The second kappa shape index (κ2) is 13.5. The van der Waals surface area contributed by atoms with Crippen LogP contribution < -0.4 is 27.4 Å². The van der Waals surface area contributed by atoms with E-state index in [1.807, 2.05) is 0 Å². The number of hydrogen-bond donors (Lipinski definition) is 8. The van der Waals surface area contributed by atoms with E-state index in [0.29, 0.717) is 0 Å². The molecule has 15 heteroatoms. The minimum absolute atomic E-state index is 0.417. The molecule has 0 aliphatic heterocycles. The molecule has 180 valence electrons. The van der Waals surface area contributed by atoms with Gasteiger partial charge in [-0.2, -0.15) is 0 Å². The number of rotatable bonds is 15. The molecule has 32 heavy (non-hydrogen) atoms. The molecule has 4 amide bonds. The SMILES string of the molecule is CC(NC(=O)C(N)CC(N)=O)C(=O)NC(CCC(=O)O)C(=O)NC(CCC(=O)O)C(=O)O. The number of carbonyl (C=O) groups excluding carboxylic acids is 4. The van der Waals surface area contributed by atoms with Gasteiger partial charge in [-0.05, 0) is 19.8 Å². The van der Waals surface area contributed by atoms with Crippen LogP contribution in [0.3, 0.4) is 0 Å². The van der Waals surface area contributed by atoms with Gasteiger partial charge in [-0.3, -0.25) is 28.8 Å². The summed E-state index contributed by atoms with van der Waals surface area (Å²) < 4.78 is 0. The maximum absolute atomic E-state index is 12.4. The third-order valence-corrected chi connectivity index (χ3v) is 4.05. The molecule has 0 aromatic rings. The number of carboxylic acid groups (broad SMARTS) is 3. The quantitative estimate of drug-likeness (QED) is 0.118. The summed E-state index contributed by atoms with van der Waals surface area (Å²) in [5, 5.41) is 33.1. The Bertz CT molecular complexity index is 756. The highest BCUT2D eigenvalue weighted by molar-refractivity contribution is 5.95. The Morgan fingerprint density at radius 1 is 0.750 bits per heavy atom. The molecular weight excluding hydrogens is 434 g/mol. The van der Waals surface area contributed by atoms with Gasteiger partial charge in [-0.15, -0.1) is 0 Å². The van der Waals surface area contributed by atoms with E-state index in [9.17, 15) is 33.6 Å². The van der Waals surface area contributed by atoms with E-state index in [1.165, 1.54) is 6.92 Å². The van der Waals surface area contributed by atoms with E-state index in [4.69, 9.17) is 26.8 Å². The van der Waals surface area contributed by atoms with E-state index in [0.717, 1.165) is 0 Å². The predicted octanol–water partition coefficient (Wildman–Crippen LogP) is -3.52. The molecule has 0 rings (SSSR count). The molecule has 0 fully saturated rings. The lowest BCUT2D eigenvalue weighted by molar-refractivity contribution is -0.144. The molecule has 15 nitrogen and oxygen atoms in total. The maximum Gasteiger partial charge on any atom is 0.326 e. The summed E-state index contributed by atoms with van der Waals surface area (Å²) in [6.45, 7) is 1.23. The molecule has 4 unspecified atom stereocenters. The van der Waals surface area contributed by atoms with Gasteiger partial charge < -0.3 is 42.7 Å². The minimum Gasteiger partial charge on any atom is -0.481 e. The zero-order valence-electron chi connectivity index (χ0n) is 17.2. The maximum atomic E-state index is 12.4. The summed E-state index contributed by atoms with van der Waals surface area (Å²) >= 11 is 0. The van der Waals surface area contributed by atoms with Crippen molar-refractivity contribution < 1.29 is 48.9 Å². The predicted molar refractivity (Wildman–Crippen MR) is 105 cm³/mol. The molecule has 0 heterocycles. The number of amides is 4. The highest BCUT2D eigenvalue weighted by atomic mass is 16.4. The molecule has 0 aliphatic rings. The summed E-state index contributed by atoms with van der Waals surface area (Å²) in [7, 11) is 0. The van der Waals surface area contributed by atoms with Crippen molar-refractivity contribution in [1.29, 1.82) is 0 Å². The number of hydrogen-bond acceptors (Lipinski definition) is 8. The minimum atomic E-state index is -1.59. The first-order valence-corrected chi connectivity index (χ1v) is 9.36. The van der Waals surface area contributed by atoms with Gasteiger partial charge in [0.1, 0.15) is 18.1 Å². The van der Waals surface area contributed by atoms with E-state index in [2.05, 4.69) is 16.0 Å². The number of nitrogens with one attached hydrogen (secondary N) is 3. The summed E-state index contributed by atoms with van der Waals surface area (Å²) in [4.78, 5) is 80.2. The number of aliphatic carboxylic acids is 3. The zero-order valence-corrected chi connectivity index (χ0v) is 17.2. The fraction of sp³-hybridized carbons (Fsp3) is 0.588. The summed E-state index contributed by atoms with van der Waals surface area (Å²) in [5.41, 5.74) is 10.4. The number of primary amides is 1. The van der Waals surface area contributed by atoms with Crippen molar-refractivity contribution in [2.45, 2.75) is 63.2 Å². The van der Waals surface area contributed by atoms with Crippen LogP contribution in [0.4, 0.5) is 0 Å². The lowest BCUT2D eigenvalue weighted by atomic mass is 10.1. The van der Waals surface area contributed by atoms with E-state index in [-0.39, 0.29) is 0 Å². The molecule has 0 aromatic carbocycles. The Morgan fingerprint density at radius 3 is 1.66 bits per heavy atom. The third kappa shape index (κ3) is 11.4. The largest absolute Gasteiger partial charge is 0.481 e. The molecule has 0 aromatic heterocycles. The molecule has 0 aliphatic carbocycles. The van der Waals surface area contributed by atoms with Gasteiger partial charge in [0.25, 0.3) is 0 Å². The molecule has 10 N–H and O–H groups in total. The Hall–Kier alpha value is -3.75. The summed E-state index contributed by atoms with van der Waals surface area (Å²) in [5.74, 6) is -7.80. The van der Waals surface area contributed by atoms with Gasteiger partial charge in [-0.1, -0.05) is 0 Å². The van der Waals surface area contributed by atoms with Crippen LogP contribution >= 0.6 is 0 Å². The molecule has 0 radical (unpaired) electrons. The molecule has 4 atom stereocenters. The van der Waals surface area contributed by atoms with Crippen LogP contribution in [0.25, 0.3) is 0 Å². The van der Waals surface area contributed by atoms with Gasteiger partial charge in [-0.25, -0.2) is 4.79 Å². The van der Waals surface area contributed by atoms with Gasteiger partial charge >= 0.3 is 17.9 Å². The van der Waals surface area contributed by atoms with E-state index < -0.39 is 97.8 Å². The fourth-order valence-corrected chi connectivity index (χ4v) is 2.33. The van der Waals surface area contributed by atoms with Crippen LogP contribution in [-0.4, -0.2) is 81.0 Å². The van der Waals surface area contributed by atoms with Crippen LogP contribution in [0, 0.1) is 0 Å². The second-order valence-corrected chi connectivity index (χ2v) is 6.83. The Labute approximate surface area is 181 Å². The highest BCUT2D eigenvalue weighted by Gasteiger charge is 2.29. The molecular formula is C17H27N5O10. The normalized spacial score (nSPS) is 14.2. The first-order chi connectivity index (χ1) is 14.7. The average molecular weight is 461 g/mol. The van der Waals surface area contributed by atoms with Crippen molar-refractivity contribution >= 4 is 41.5 Å². The van der Waals surface area contributed by atoms with Crippen molar-refractivity contribution in [2.24, 2.45) is 11.5 Å². The van der Waals surface area contributed by atoms with Gasteiger partial charge in [0, 0.05) is 12.8 Å². The second-order valence-electron chi connectivity index (χ2n) is 6.83. The highest BCUT2D eigenvalue weighted by Crippen LogP contribution is 2.04. The van der Waals surface area contributed by atoms with Crippen LogP contribution in [0.1, 0.15) is 39.0 Å². The molecule has 0 saturated heterocycles. The van der Waals surface area contributed by atoms with Crippen molar-refractivity contribution in [1.82, 2.24) is 16.0 Å². The first kappa shape index (κ1) is 28.2. The van der Waals surface area contributed by atoms with Crippen molar-refractivity contribution in [3.63, 3.8) is 0 Å². The Kier molecular flexibility index (Phi) is 11.9. The molecule has 0 bridgehead atoms. The number of carboxylic acids is 3. The Morgan fingerprint density at radius 2 is 1.22 bits per heavy atom. The van der Waals surface area contributed by atoms with E-state index >= 15 is 0 Å². The zero-order chi connectivity index (χ0) is 25.0. The van der Waals surface area contributed by atoms with Crippen molar-refractivity contribution in [2.75, 3.05) is 0 Å². The first-order valence-electron chi connectivity index (χ1n) is 9.36. The topological polar surface area (TPSA) is 268 Å².